The van der Waals surface area contributed by atoms with E-state index in [1.54, 1.807) is 6.92 Å². The zero-order valence-corrected chi connectivity index (χ0v) is 12.5. The second-order valence-electron chi connectivity index (χ2n) is 5.07. The minimum Gasteiger partial charge on any atom is -0.382 e. The van der Waals surface area contributed by atoms with Crippen LogP contribution in [0, 0.1) is 13.8 Å². The molecule has 0 aromatic carbocycles. The monoisotopic (exact) mass is 292 g/mol. The predicted octanol–water partition coefficient (Wildman–Crippen LogP) is 0.531. The van der Waals surface area contributed by atoms with E-state index in [0.717, 1.165) is 17.8 Å². The van der Waals surface area contributed by atoms with Crippen LogP contribution in [-0.2, 0) is 16.2 Å². The van der Waals surface area contributed by atoms with Gasteiger partial charge in [-0.25, -0.2) is 4.79 Å². The van der Waals surface area contributed by atoms with E-state index in [-0.39, 0.29) is 11.6 Å². The summed E-state index contributed by atoms with van der Waals surface area (Å²) in [5, 5.41) is 6.61. The summed E-state index contributed by atoms with van der Waals surface area (Å²) in [6, 6.07) is 1.84. The van der Waals surface area contributed by atoms with Crippen molar-refractivity contribution in [3.63, 3.8) is 0 Å². The zero-order chi connectivity index (χ0) is 15.4. The third kappa shape index (κ3) is 3.68. The van der Waals surface area contributed by atoms with Crippen LogP contribution in [-0.4, -0.2) is 33.8 Å². The Bertz CT molecular complexity index is 621. The van der Waals surface area contributed by atoms with Crippen molar-refractivity contribution in [1.82, 2.24) is 14.9 Å². The number of hydrogen-bond acceptors (Lipinski definition) is 5. The van der Waals surface area contributed by atoms with E-state index in [1.165, 1.54) is 4.57 Å². The Morgan fingerprint density at radius 3 is 2.90 bits per heavy atom. The van der Waals surface area contributed by atoms with Crippen LogP contribution in [0.1, 0.15) is 31.2 Å². The molecule has 0 aliphatic carbocycles. The fraction of sp³-hybridized carbons (Fsp3) is 0.571. The summed E-state index contributed by atoms with van der Waals surface area (Å²) in [6.07, 6.45) is 0.773. The fourth-order valence-electron chi connectivity index (χ4n) is 2.23. The van der Waals surface area contributed by atoms with Crippen LogP contribution in [0.4, 0.5) is 0 Å². The van der Waals surface area contributed by atoms with Crippen LogP contribution in [0.2, 0.25) is 0 Å². The third-order valence-corrected chi connectivity index (χ3v) is 3.41. The minimum atomic E-state index is -0.547. The van der Waals surface area contributed by atoms with Gasteiger partial charge in [0, 0.05) is 30.9 Å². The molecule has 0 radical (unpaired) electrons. The molecule has 1 aromatic rings. The lowest BCUT2D eigenvalue weighted by Gasteiger charge is -2.12. The molecule has 1 aliphatic rings. The second-order valence-corrected chi connectivity index (χ2v) is 5.07. The summed E-state index contributed by atoms with van der Waals surface area (Å²) in [4.78, 5) is 32.6. The third-order valence-electron chi connectivity index (χ3n) is 3.41. The van der Waals surface area contributed by atoms with Crippen LogP contribution in [0.15, 0.2) is 16.0 Å². The van der Waals surface area contributed by atoms with E-state index in [9.17, 15) is 9.59 Å². The Morgan fingerprint density at radius 2 is 2.29 bits per heavy atom. The van der Waals surface area contributed by atoms with Gasteiger partial charge in [-0.2, -0.15) is 4.98 Å². The normalized spacial score (nSPS) is 17.3. The molecule has 1 atom stereocenters. The summed E-state index contributed by atoms with van der Waals surface area (Å²) >= 11 is 0. The fourth-order valence-corrected chi connectivity index (χ4v) is 2.23. The lowest BCUT2D eigenvalue weighted by Crippen LogP contribution is -2.38. The zero-order valence-electron chi connectivity index (χ0n) is 12.5. The minimum absolute atomic E-state index is 0.201. The largest absolute Gasteiger partial charge is 0.382 e. The Labute approximate surface area is 123 Å². The molecule has 2 heterocycles. The van der Waals surface area contributed by atoms with E-state index in [0.29, 0.717) is 25.2 Å². The molecular formula is C14H20N4O3. The maximum absolute atomic E-state index is 11.9. The molecule has 114 valence electrons. The summed E-state index contributed by atoms with van der Waals surface area (Å²) in [5.41, 5.74) is 2.12. The lowest BCUT2D eigenvalue weighted by molar-refractivity contribution is -0.131. The Balaban J connectivity index is 1.85. The molecule has 1 amide bonds. The summed E-state index contributed by atoms with van der Waals surface area (Å²) in [7, 11) is 0. The molecule has 0 fully saturated rings. The van der Waals surface area contributed by atoms with Gasteiger partial charge in [-0.05, 0) is 26.3 Å². The van der Waals surface area contributed by atoms with Crippen molar-refractivity contribution in [3.05, 3.63) is 27.9 Å². The topological polar surface area (TPSA) is 85.6 Å². The molecular weight excluding hydrogens is 272 g/mol. The molecule has 0 unspecified atom stereocenters. The summed E-state index contributed by atoms with van der Waals surface area (Å²) < 4.78 is 1.54. The van der Waals surface area contributed by atoms with Crippen molar-refractivity contribution in [2.24, 2.45) is 5.16 Å². The molecule has 0 saturated heterocycles. The second kappa shape index (κ2) is 6.51. The van der Waals surface area contributed by atoms with Gasteiger partial charge in [0.25, 0.3) is 5.91 Å². The number of carbonyl (C=O) groups is 1. The maximum Gasteiger partial charge on any atom is 0.348 e. The SMILES string of the molecule is CCC1=NO[C@@H](C(=O)NCCn2c(C)cc(C)nc2=O)C1. The molecule has 1 N–H and O–H groups in total. The van der Waals surface area contributed by atoms with Gasteiger partial charge in [0.05, 0.1) is 5.71 Å². The first kappa shape index (κ1) is 15.2. The first-order valence-electron chi connectivity index (χ1n) is 7.05. The highest BCUT2D eigenvalue weighted by Crippen LogP contribution is 2.12. The van der Waals surface area contributed by atoms with Crippen molar-refractivity contribution < 1.29 is 9.63 Å². The Kier molecular flexibility index (Phi) is 4.72. The van der Waals surface area contributed by atoms with E-state index in [2.05, 4.69) is 15.5 Å². The van der Waals surface area contributed by atoms with Crippen LogP contribution < -0.4 is 11.0 Å². The number of carbonyl (C=O) groups excluding carboxylic acids is 1. The number of oxime groups is 1. The van der Waals surface area contributed by atoms with Gasteiger partial charge in [0.1, 0.15) is 0 Å². The number of nitrogens with one attached hydrogen (secondary N) is 1. The van der Waals surface area contributed by atoms with Gasteiger partial charge < -0.3 is 10.2 Å². The molecule has 21 heavy (non-hydrogen) atoms. The molecule has 7 heteroatoms. The maximum atomic E-state index is 11.9. The van der Waals surface area contributed by atoms with Gasteiger partial charge in [-0.15, -0.1) is 0 Å². The average molecular weight is 292 g/mol. The number of aromatic nitrogens is 2. The highest BCUT2D eigenvalue weighted by Gasteiger charge is 2.26. The van der Waals surface area contributed by atoms with Gasteiger partial charge in [0.15, 0.2) is 0 Å². The standard InChI is InChI=1S/C14H20N4O3/c1-4-11-8-12(21-17-11)13(19)15-5-6-18-10(3)7-9(2)16-14(18)20/h7,12H,4-6,8H2,1-3H3,(H,15,19)/t12-/m1/s1. The van der Waals surface area contributed by atoms with E-state index in [4.69, 9.17) is 4.84 Å². The van der Waals surface area contributed by atoms with Gasteiger partial charge in [-0.1, -0.05) is 12.1 Å². The van der Waals surface area contributed by atoms with E-state index >= 15 is 0 Å². The van der Waals surface area contributed by atoms with Crippen molar-refractivity contribution in [2.45, 2.75) is 46.3 Å². The summed E-state index contributed by atoms with van der Waals surface area (Å²) in [6.45, 7) is 6.34. The molecule has 7 nitrogen and oxygen atoms in total. The number of rotatable bonds is 5. The first-order valence-corrected chi connectivity index (χ1v) is 7.05. The molecule has 0 saturated carbocycles. The van der Waals surface area contributed by atoms with Crippen LogP contribution in [0.3, 0.4) is 0 Å². The molecule has 1 aromatic heterocycles. The highest BCUT2D eigenvalue weighted by molar-refractivity contribution is 5.92. The number of amides is 1. The van der Waals surface area contributed by atoms with Crippen LogP contribution in [0.25, 0.3) is 0 Å². The lowest BCUT2D eigenvalue weighted by atomic mass is 10.1. The van der Waals surface area contributed by atoms with Gasteiger partial charge in [-0.3, -0.25) is 9.36 Å². The molecule has 1 aliphatic heterocycles. The van der Waals surface area contributed by atoms with Crippen molar-refractivity contribution in [1.29, 1.82) is 0 Å². The Hall–Kier alpha value is -2.18. The first-order chi connectivity index (χ1) is 10.0. The number of aryl methyl sites for hydroxylation is 2. The Morgan fingerprint density at radius 1 is 1.52 bits per heavy atom. The van der Waals surface area contributed by atoms with Crippen LogP contribution >= 0.6 is 0 Å². The van der Waals surface area contributed by atoms with E-state index < -0.39 is 6.10 Å². The van der Waals surface area contributed by atoms with Gasteiger partial charge >= 0.3 is 5.69 Å². The highest BCUT2D eigenvalue weighted by atomic mass is 16.6. The van der Waals surface area contributed by atoms with Crippen molar-refractivity contribution in [2.75, 3.05) is 6.54 Å². The van der Waals surface area contributed by atoms with Crippen molar-refractivity contribution >= 4 is 11.6 Å². The molecule has 0 spiro atoms. The smallest absolute Gasteiger partial charge is 0.348 e. The molecule has 0 bridgehead atoms. The number of nitrogens with zero attached hydrogens (tertiary/aromatic N) is 3. The quantitative estimate of drug-likeness (QED) is 0.858. The van der Waals surface area contributed by atoms with E-state index in [1.807, 2.05) is 19.9 Å². The van der Waals surface area contributed by atoms with Gasteiger partial charge in [0.2, 0.25) is 6.10 Å². The van der Waals surface area contributed by atoms with Crippen molar-refractivity contribution in [3.8, 4) is 0 Å². The van der Waals surface area contributed by atoms with Crippen LogP contribution in [0.5, 0.6) is 0 Å². The summed E-state index contributed by atoms with van der Waals surface area (Å²) in [5.74, 6) is -0.201. The average Bonchev–Trinajstić information content (AvgIpc) is 2.90. The molecule has 2 rings (SSSR count). The predicted molar refractivity (Wildman–Crippen MR) is 78.2 cm³/mol. The number of hydrogen-bond donors (Lipinski definition) is 1.